The summed E-state index contributed by atoms with van der Waals surface area (Å²) in [6.07, 6.45) is -0.396. The summed E-state index contributed by atoms with van der Waals surface area (Å²) in [5.74, 6) is 0.113. The molecule has 1 aromatic rings. The lowest BCUT2D eigenvalue weighted by Gasteiger charge is -2.15. The minimum absolute atomic E-state index is 0.0815. The van der Waals surface area contributed by atoms with E-state index in [1.54, 1.807) is 26.0 Å². The highest BCUT2D eigenvalue weighted by Crippen LogP contribution is 2.17. The topological polar surface area (TPSA) is 66.4 Å². The Morgan fingerprint density at radius 3 is 2.22 bits per heavy atom. The summed E-state index contributed by atoms with van der Waals surface area (Å²) in [7, 11) is -3.13. The van der Waals surface area contributed by atoms with Crippen molar-refractivity contribution in [1.82, 2.24) is 5.32 Å². The van der Waals surface area contributed by atoms with Crippen molar-refractivity contribution in [3.8, 4) is 0 Å². The van der Waals surface area contributed by atoms with Gasteiger partial charge in [0, 0.05) is 12.6 Å². The fraction of sp³-hybridized carbons (Fsp3) is 0.538. The molecule has 18 heavy (non-hydrogen) atoms. The van der Waals surface area contributed by atoms with Gasteiger partial charge in [0.25, 0.3) is 0 Å². The number of rotatable bonds is 6. The standard InChI is InChI=1S/C13H21NO3S/c1-4-18(16,17)13-7-5-12(6-8-13)11(3)14-9-10(2)15/h5-8,10-11,14-15H,4,9H2,1-3H3. The van der Waals surface area contributed by atoms with Crippen molar-refractivity contribution < 1.29 is 13.5 Å². The van der Waals surface area contributed by atoms with Gasteiger partial charge in [0.1, 0.15) is 0 Å². The van der Waals surface area contributed by atoms with Crippen LogP contribution < -0.4 is 5.32 Å². The summed E-state index contributed by atoms with van der Waals surface area (Å²) >= 11 is 0. The SMILES string of the molecule is CCS(=O)(=O)c1ccc(C(C)NCC(C)O)cc1. The minimum Gasteiger partial charge on any atom is -0.392 e. The molecule has 2 N–H and O–H groups in total. The zero-order valence-corrected chi connectivity index (χ0v) is 11.9. The summed E-state index contributed by atoms with van der Waals surface area (Å²) in [5.41, 5.74) is 1.01. The van der Waals surface area contributed by atoms with Crippen molar-refractivity contribution in [2.45, 2.75) is 37.8 Å². The number of aliphatic hydroxyl groups excluding tert-OH is 1. The number of hydrogen-bond donors (Lipinski definition) is 2. The largest absolute Gasteiger partial charge is 0.392 e. The molecule has 2 atom stereocenters. The van der Waals surface area contributed by atoms with E-state index in [9.17, 15) is 13.5 Å². The van der Waals surface area contributed by atoms with Gasteiger partial charge in [-0.1, -0.05) is 19.1 Å². The highest BCUT2D eigenvalue weighted by molar-refractivity contribution is 7.91. The van der Waals surface area contributed by atoms with E-state index in [1.807, 2.05) is 19.1 Å². The maximum atomic E-state index is 11.6. The van der Waals surface area contributed by atoms with Crippen LogP contribution in [-0.4, -0.2) is 31.9 Å². The normalized spacial score (nSPS) is 15.3. The lowest BCUT2D eigenvalue weighted by molar-refractivity contribution is 0.187. The van der Waals surface area contributed by atoms with E-state index in [1.165, 1.54) is 0 Å². The Labute approximate surface area is 109 Å². The van der Waals surface area contributed by atoms with Crippen molar-refractivity contribution in [3.63, 3.8) is 0 Å². The number of benzene rings is 1. The Balaban J connectivity index is 2.77. The van der Waals surface area contributed by atoms with Crippen LogP contribution in [-0.2, 0) is 9.84 Å². The molecule has 1 aromatic carbocycles. The molecule has 4 nitrogen and oxygen atoms in total. The number of sulfone groups is 1. The molecule has 1 rings (SSSR count). The van der Waals surface area contributed by atoms with Crippen LogP contribution in [0.2, 0.25) is 0 Å². The van der Waals surface area contributed by atoms with Gasteiger partial charge < -0.3 is 10.4 Å². The minimum atomic E-state index is -3.13. The van der Waals surface area contributed by atoms with E-state index in [2.05, 4.69) is 5.32 Å². The van der Waals surface area contributed by atoms with Gasteiger partial charge in [-0.15, -0.1) is 0 Å². The van der Waals surface area contributed by atoms with E-state index < -0.39 is 15.9 Å². The Bertz CT molecular complexity index is 466. The molecule has 0 amide bonds. The average Bonchev–Trinajstić information content (AvgIpc) is 2.36. The van der Waals surface area contributed by atoms with Gasteiger partial charge in [0.05, 0.1) is 16.8 Å². The van der Waals surface area contributed by atoms with E-state index >= 15 is 0 Å². The van der Waals surface area contributed by atoms with Crippen molar-refractivity contribution in [2.75, 3.05) is 12.3 Å². The van der Waals surface area contributed by atoms with Crippen LogP contribution >= 0.6 is 0 Å². The second-order valence-corrected chi connectivity index (χ2v) is 6.73. The summed E-state index contributed by atoms with van der Waals surface area (Å²) in [5, 5.41) is 12.4. The molecule has 0 heterocycles. The lowest BCUT2D eigenvalue weighted by Crippen LogP contribution is -2.27. The van der Waals surface area contributed by atoms with E-state index in [-0.39, 0.29) is 11.8 Å². The first-order valence-electron chi connectivity index (χ1n) is 6.11. The van der Waals surface area contributed by atoms with Gasteiger partial charge in [-0.2, -0.15) is 0 Å². The van der Waals surface area contributed by atoms with E-state index in [0.29, 0.717) is 11.4 Å². The molecule has 0 saturated heterocycles. The third kappa shape index (κ3) is 4.08. The smallest absolute Gasteiger partial charge is 0.178 e. The second-order valence-electron chi connectivity index (χ2n) is 4.45. The van der Waals surface area contributed by atoms with Crippen molar-refractivity contribution in [1.29, 1.82) is 0 Å². The Morgan fingerprint density at radius 2 is 1.78 bits per heavy atom. The van der Waals surface area contributed by atoms with Gasteiger partial charge in [-0.25, -0.2) is 8.42 Å². The highest BCUT2D eigenvalue weighted by Gasteiger charge is 2.12. The Kier molecular flexibility index (Phi) is 5.31. The van der Waals surface area contributed by atoms with Gasteiger partial charge in [-0.05, 0) is 31.5 Å². The molecule has 0 radical (unpaired) electrons. The summed E-state index contributed by atoms with van der Waals surface area (Å²) in [6, 6.07) is 6.96. The molecule has 0 aromatic heterocycles. The average molecular weight is 271 g/mol. The molecule has 0 saturated carbocycles. The fourth-order valence-corrected chi connectivity index (χ4v) is 2.48. The predicted molar refractivity (Wildman–Crippen MR) is 72.3 cm³/mol. The molecule has 0 bridgehead atoms. The highest BCUT2D eigenvalue weighted by atomic mass is 32.2. The van der Waals surface area contributed by atoms with Crippen molar-refractivity contribution >= 4 is 9.84 Å². The fourth-order valence-electron chi connectivity index (χ4n) is 1.60. The monoisotopic (exact) mass is 271 g/mol. The van der Waals surface area contributed by atoms with Gasteiger partial charge in [0.15, 0.2) is 9.84 Å². The van der Waals surface area contributed by atoms with Crippen LogP contribution in [0.25, 0.3) is 0 Å². The van der Waals surface area contributed by atoms with Crippen molar-refractivity contribution in [2.24, 2.45) is 0 Å². The second kappa shape index (κ2) is 6.31. The summed E-state index contributed by atoms with van der Waals surface area (Å²) in [4.78, 5) is 0.358. The van der Waals surface area contributed by atoms with Crippen LogP contribution in [0, 0.1) is 0 Å². The quantitative estimate of drug-likeness (QED) is 0.823. The van der Waals surface area contributed by atoms with Crippen LogP contribution in [0.1, 0.15) is 32.4 Å². The molecule has 5 heteroatoms. The molecule has 0 aliphatic carbocycles. The zero-order chi connectivity index (χ0) is 13.8. The van der Waals surface area contributed by atoms with E-state index in [4.69, 9.17) is 0 Å². The molecular weight excluding hydrogens is 250 g/mol. The summed E-state index contributed by atoms with van der Waals surface area (Å²) < 4.78 is 23.3. The molecule has 102 valence electrons. The van der Waals surface area contributed by atoms with Gasteiger partial charge in [0.2, 0.25) is 0 Å². The van der Waals surface area contributed by atoms with Crippen molar-refractivity contribution in [3.05, 3.63) is 29.8 Å². The van der Waals surface area contributed by atoms with E-state index in [0.717, 1.165) is 5.56 Å². The van der Waals surface area contributed by atoms with Crippen LogP contribution in [0.3, 0.4) is 0 Å². The molecule has 2 unspecified atom stereocenters. The zero-order valence-electron chi connectivity index (χ0n) is 11.1. The maximum absolute atomic E-state index is 11.6. The maximum Gasteiger partial charge on any atom is 0.178 e. The lowest BCUT2D eigenvalue weighted by atomic mass is 10.1. The Hall–Kier alpha value is -0.910. The van der Waals surface area contributed by atoms with Gasteiger partial charge in [-0.3, -0.25) is 0 Å². The van der Waals surface area contributed by atoms with Crippen LogP contribution in [0.15, 0.2) is 29.2 Å². The van der Waals surface area contributed by atoms with Crippen LogP contribution in [0.5, 0.6) is 0 Å². The molecule has 0 aliphatic heterocycles. The summed E-state index contributed by atoms with van der Waals surface area (Å²) in [6.45, 7) is 5.84. The third-order valence-corrected chi connectivity index (χ3v) is 4.59. The number of nitrogens with one attached hydrogen (secondary N) is 1. The molecular formula is C13H21NO3S. The van der Waals surface area contributed by atoms with Crippen LogP contribution in [0.4, 0.5) is 0 Å². The predicted octanol–water partition coefficient (Wildman–Crippen LogP) is 1.51. The first-order valence-corrected chi connectivity index (χ1v) is 7.76. The number of aliphatic hydroxyl groups is 1. The first-order chi connectivity index (χ1) is 8.36. The number of hydrogen-bond acceptors (Lipinski definition) is 4. The first kappa shape index (κ1) is 15.1. The third-order valence-electron chi connectivity index (χ3n) is 2.84. The molecule has 0 aliphatic rings. The Morgan fingerprint density at radius 1 is 1.22 bits per heavy atom. The van der Waals surface area contributed by atoms with Gasteiger partial charge >= 0.3 is 0 Å². The molecule has 0 fully saturated rings. The molecule has 0 spiro atoms.